The molecular formula is C21H23N3OS. The van der Waals surface area contributed by atoms with E-state index in [1.807, 2.05) is 22.9 Å². The van der Waals surface area contributed by atoms with Crippen molar-refractivity contribution in [2.24, 2.45) is 27.8 Å². The van der Waals surface area contributed by atoms with Crippen molar-refractivity contribution in [2.75, 3.05) is 13.7 Å². The lowest BCUT2D eigenvalue weighted by molar-refractivity contribution is 0.416. The van der Waals surface area contributed by atoms with Gasteiger partial charge >= 0.3 is 0 Å². The van der Waals surface area contributed by atoms with Gasteiger partial charge in [-0.25, -0.2) is 4.68 Å². The predicted molar refractivity (Wildman–Crippen MR) is 108 cm³/mol. The van der Waals surface area contributed by atoms with Crippen molar-refractivity contribution in [1.82, 2.24) is 4.68 Å². The van der Waals surface area contributed by atoms with E-state index >= 15 is 0 Å². The molecule has 2 aromatic rings. The maximum atomic E-state index is 5.55. The summed E-state index contributed by atoms with van der Waals surface area (Å²) in [6.45, 7) is 4.35. The highest BCUT2D eigenvalue weighted by atomic mass is 32.1. The number of nitrogens with zero attached hydrogens (tertiary/aromatic N) is 3. The molecule has 0 saturated heterocycles. The second-order valence-electron chi connectivity index (χ2n) is 6.75. The van der Waals surface area contributed by atoms with Gasteiger partial charge in [0, 0.05) is 23.1 Å². The molecule has 26 heavy (non-hydrogen) atoms. The molecule has 2 aliphatic rings. The highest BCUT2D eigenvalue weighted by Gasteiger charge is 2.34. The van der Waals surface area contributed by atoms with Crippen LogP contribution in [0.2, 0.25) is 0 Å². The van der Waals surface area contributed by atoms with Crippen molar-refractivity contribution >= 4 is 17.6 Å². The molecule has 1 saturated carbocycles. The third-order valence-corrected chi connectivity index (χ3v) is 5.98. The molecule has 4 nitrogen and oxygen atoms in total. The van der Waals surface area contributed by atoms with Gasteiger partial charge in [0.2, 0.25) is 4.80 Å². The van der Waals surface area contributed by atoms with Crippen LogP contribution in [-0.2, 0) is 0 Å². The molecule has 1 fully saturated rings. The molecule has 2 bridgehead atoms. The van der Waals surface area contributed by atoms with E-state index in [9.17, 15) is 0 Å². The van der Waals surface area contributed by atoms with Crippen LogP contribution in [0, 0.1) is 17.8 Å². The largest absolute Gasteiger partial charge is 0.496 e. The maximum absolute atomic E-state index is 5.55. The molecule has 0 aliphatic heterocycles. The molecule has 1 heterocycles. The molecule has 0 spiro atoms. The molecule has 4 rings (SSSR count). The fraction of sp³-hybridized carbons (Fsp3) is 0.333. The summed E-state index contributed by atoms with van der Waals surface area (Å²) >= 11 is 1.59. The average molecular weight is 366 g/mol. The topological polar surface area (TPSA) is 38.9 Å². The fourth-order valence-electron chi connectivity index (χ4n) is 3.85. The number of hydrogen-bond donors (Lipinski definition) is 0. The zero-order valence-electron chi connectivity index (χ0n) is 14.9. The second kappa shape index (κ2) is 7.46. The van der Waals surface area contributed by atoms with Crippen molar-refractivity contribution in [3.8, 4) is 17.0 Å². The highest BCUT2D eigenvalue weighted by molar-refractivity contribution is 7.07. The van der Waals surface area contributed by atoms with Crippen LogP contribution in [0.5, 0.6) is 5.75 Å². The number of benzene rings is 1. The summed E-state index contributed by atoms with van der Waals surface area (Å²) in [6, 6.07) is 8.03. The van der Waals surface area contributed by atoms with Crippen LogP contribution in [0.15, 0.2) is 64.5 Å². The van der Waals surface area contributed by atoms with Crippen LogP contribution in [0.1, 0.15) is 12.8 Å². The Labute approximate surface area is 157 Å². The summed E-state index contributed by atoms with van der Waals surface area (Å²) in [5.41, 5.74) is 2.03. The number of allylic oxidation sites excluding steroid dienone is 2. The van der Waals surface area contributed by atoms with Gasteiger partial charge in [-0.2, -0.15) is 5.10 Å². The van der Waals surface area contributed by atoms with E-state index in [2.05, 4.69) is 41.4 Å². The van der Waals surface area contributed by atoms with Gasteiger partial charge in [0.15, 0.2) is 0 Å². The van der Waals surface area contributed by atoms with E-state index in [1.165, 1.54) is 12.8 Å². The van der Waals surface area contributed by atoms with Gasteiger partial charge in [-0.1, -0.05) is 30.4 Å². The number of thiazole rings is 1. The Bertz CT molecular complexity index is 921. The molecule has 5 heteroatoms. The minimum Gasteiger partial charge on any atom is -0.496 e. The minimum atomic E-state index is 0.523. The smallest absolute Gasteiger partial charge is 0.206 e. The zero-order valence-corrected chi connectivity index (χ0v) is 15.7. The molecule has 134 valence electrons. The maximum Gasteiger partial charge on any atom is 0.206 e. The molecule has 0 amide bonds. The van der Waals surface area contributed by atoms with Gasteiger partial charge in [0.05, 0.1) is 19.3 Å². The van der Waals surface area contributed by atoms with Crippen molar-refractivity contribution in [1.29, 1.82) is 0 Å². The van der Waals surface area contributed by atoms with Crippen LogP contribution in [0.25, 0.3) is 11.3 Å². The molecule has 0 N–H and O–H groups in total. The lowest BCUT2D eigenvalue weighted by Gasteiger charge is -2.13. The predicted octanol–water partition coefficient (Wildman–Crippen LogP) is 4.36. The van der Waals surface area contributed by atoms with Gasteiger partial charge < -0.3 is 4.74 Å². The number of para-hydroxylation sites is 1. The standard InChI is InChI=1S/C21H23N3OS/c1-3-10-22-21-24(23-13-17-12-15-8-9-16(17)11-15)19(14-26-21)18-6-4-5-7-20(18)25-2/h3-9,13-17H,1,10-12H2,2H3. The lowest BCUT2D eigenvalue weighted by Crippen LogP contribution is -2.15. The number of fused-ring (bicyclic) bond motifs is 2. The van der Waals surface area contributed by atoms with E-state index in [0.29, 0.717) is 18.4 Å². The summed E-state index contributed by atoms with van der Waals surface area (Å²) in [4.78, 5) is 5.49. The van der Waals surface area contributed by atoms with Crippen LogP contribution in [0.3, 0.4) is 0 Å². The number of hydrogen-bond acceptors (Lipinski definition) is 4. The fourth-order valence-corrected chi connectivity index (χ4v) is 4.69. The van der Waals surface area contributed by atoms with E-state index in [0.717, 1.165) is 27.7 Å². The quantitative estimate of drug-likeness (QED) is 0.554. The molecule has 1 aromatic carbocycles. The Morgan fingerprint density at radius 1 is 1.31 bits per heavy atom. The van der Waals surface area contributed by atoms with Gasteiger partial charge in [-0.3, -0.25) is 4.99 Å². The summed E-state index contributed by atoms with van der Waals surface area (Å²) in [7, 11) is 1.70. The summed E-state index contributed by atoms with van der Waals surface area (Å²) in [6.07, 6.45) is 11.1. The average Bonchev–Trinajstić information content (AvgIpc) is 3.40. The first-order chi connectivity index (χ1) is 12.8. The SMILES string of the molecule is C=CCN=c1scc(-c2ccccc2OC)n1N=CC1CC2C=CC1C2. The van der Waals surface area contributed by atoms with Crippen LogP contribution < -0.4 is 9.54 Å². The highest BCUT2D eigenvalue weighted by Crippen LogP contribution is 2.42. The van der Waals surface area contributed by atoms with Crippen molar-refractivity contribution in [3.05, 3.63) is 59.3 Å². The number of ether oxygens (including phenoxy) is 1. The first-order valence-corrected chi connectivity index (χ1v) is 9.86. The van der Waals surface area contributed by atoms with Gasteiger partial charge in [0.25, 0.3) is 0 Å². The van der Waals surface area contributed by atoms with Crippen LogP contribution in [0.4, 0.5) is 0 Å². The third-order valence-electron chi connectivity index (χ3n) is 5.13. The van der Waals surface area contributed by atoms with Gasteiger partial charge in [0.1, 0.15) is 5.75 Å². The summed E-state index contributed by atoms with van der Waals surface area (Å²) < 4.78 is 7.49. The second-order valence-corrected chi connectivity index (χ2v) is 7.59. The minimum absolute atomic E-state index is 0.523. The number of rotatable bonds is 6. The van der Waals surface area contributed by atoms with E-state index in [1.54, 1.807) is 24.5 Å². The monoisotopic (exact) mass is 365 g/mol. The van der Waals surface area contributed by atoms with Crippen molar-refractivity contribution in [2.45, 2.75) is 12.8 Å². The van der Waals surface area contributed by atoms with Crippen molar-refractivity contribution in [3.63, 3.8) is 0 Å². The first-order valence-electron chi connectivity index (χ1n) is 8.98. The Kier molecular flexibility index (Phi) is 4.89. The molecule has 0 radical (unpaired) electrons. The number of methoxy groups -OCH3 is 1. The molecular weight excluding hydrogens is 342 g/mol. The van der Waals surface area contributed by atoms with E-state index in [-0.39, 0.29) is 0 Å². The van der Waals surface area contributed by atoms with Gasteiger partial charge in [-0.15, -0.1) is 17.9 Å². The van der Waals surface area contributed by atoms with Crippen LogP contribution in [-0.4, -0.2) is 24.5 Å². The third kappa shape index (κ3) is 3.19. The Morgan fingerprint density at radius 2 is 2.19 bits per heavy atom. The molecule has 3 unspecified atom stereocenters. The van der Waals surface area contributed by atoms with Gasteiger partial charge in [-0.05, 0) is 36.8 Å². The molecule has 2 aliphatic carbocycles. The van der Waals surface area contributed by atoms with E-state index < -0.39 is 0 Å². The first kappa shape index (κ1) is 17.0. The van der Waals surface area contributed by atoms with Crippen molar-refractivity contribution < 1.29 is 4.74 Å². The molecule has 3 atom stereocenters. The normalized spacial score (nSPS) is 24.7. The van der Waals surface area contributed by atoms with Crippen LogP contribution >= 0.6 is 11.3 Å². The summed E-state index contributed by atoms with van der Waals surface area (Å²) in [5.74, 6) is 2.75. The Balaban J connectivity index is 1.74. The number of aromatic nitrogens is 1. The van der Waals surface area contributed by atoms with E-state index in [4.69, 9.17) is 9.84 Å². The Hall–Kier alpha value is -2.40. The zero-order chi connectivity index (χ0) is 17.9. The lowest BCUT2D eigenvalue weighted by atomic mass is 9.95. The molecule has 1 aromatic heterocycles. The summed E-state index contributed by atoms with van der Waals surface area (Å²) in [5, 5.41) is 6.95. The Morgan fingerprint density at radius 3 is 2.92 bits per heavy atom.